The minimum absolute atomic E-state index is 0.0463. The first kappa shape index (κ1) is 12.0. The highest BCUT2D eigenvalue weighted by Gasteiger charge is 2.26. The average Bonchev–Trinajstić information content (AvgIpc) is 2.78. The molecule has 0 spiro atoms. The Morgan fingerprint density at radius 2 is 1.95 bits per heavy atom. The van der Waals surface area contributed by atoms with Gasteiger partial charge in [-0.15, -0.1) is 0 Å². The van der Waals surface area contributed by atoms with E-state index in [0.717, 1.165) is 11.1 Å². The fourth-order valence-corrected chi connectivity index (χ4v) is 2.38. The van der Waals surface area contributed by atoms with Crippen molar-refractivity contribution in [1.29, 1.82) is 0 Å². The number of hydrogen-bond donors (Lipinski definition) is 2. The van der Waals surface area contributed by atoms with E-state index in [1.165, 1.54) is 6.26 Å². The molecule has 19 heavy (non-hydrogen) atoms. The molecule has 0 amide bonds. The Morgan fingerprint density at radius 3 is 2.63 bits per heavy atom. The lowest BCUT2D eigenvalue weighted by molar-refractivity contribution is 0.310. The van der Waals surface area contributed by atoms with E-state index >= 15 is 0 Å². The SMILES string of the molecule is Cc1coc2c(O)c3c(c(O)c12)C=C(C(C)C)CO3. The summed E-state index contributed by atoms with van der Waals surface area (Å²) in [6, 6.07) is 0. The lowest BCUT2D eigenvalue weighted by Gasteiger charge is -2.22. The summed E-state index contributed by atoms with van der Waals surface area (Å²) in [7, 11) is 0. The predicted molar refractivity (Wildman–Crippen MR) is 72.6 cm³/mol. The third-order valence-electron chi connectivity index (χ3n) is 3.60. The molecule has 4 nitrogen and oxygen atoms in total. The molecule has 0 atom stereocenters. The second-order valence-electron chi connectivity index (χ2n) is 5.23. The van der Waals surface area contributed by atoms with Gasteiger partial charge in [-0.2, -0.15) is 0 Å². The van der Waals surface area contributed by atoms with Gasteiger partial charge in [0.1, 0.15) is 12.4 Å². The number of aromatic hydroxyl groups is 2. The van der Waals surface area contributed by atoms with Gasteiger partial charge in [0.2, 0.25) is 5.75 Å². The standard InChI is InChI=1S/C15H16O4/c1-7(2)9-4-10-12(16)11-8(3)5-18-15(11)13(17)14(10)19-6-9/h4-5,7,16-17H,6H2,1-3H3. The molecule has 0 saturated carbocycles. The van der Waals surface area contributed by atoms with Crippen molar-refractivity contribution in [2.75, 3.05) is 6.61 Å². The van der Waals surface area contributed by atoms with Crippen LogP contribution in [0.4, 0.5) is 0 Å². The van der Waals surface area contributed by atoms with E-state index in [1.54, 1.807) is 0 Å². The Morgan fingerprint density at radius 1 is 1.21 bits per heavy atom. The first-order valence-corrected chi connectivity index (χ1v) is 6.29. The number of ether oxygens (including phenoxy) is 1. The van der Waals surface area contributed by atoms with Crippen LogP contribution in [0.15, 0.2) is 16.3 Å². The van der Waals surface area contributed by atoms with Crippen molar-refractivity contribution in [2.24, 2.45) is 5.92 Å². The van der Waals surface area contributed by atoms with Crippen LogP contribution in [-0.2, 0) is 0 Å². The van der Waals surface area contributed by atoms with Gasteiger partial charge in [0.25, 0.3) is 0 Å². The molecular weight excluding hydrogens is 244 g/mol. The molecule has 1 aromatic heterocycles. The van der Waals surface area contributed by atoms with Crippen LogP contribution in [0.5, 0.6) is 17.2 Å². The summed E-state index contributed by atoms with van der Waals surface area (Å²) in [4.78, 5) is 0. The first-order valence-electron chi connectivity index (χ1n) is 6.29. The summed E-state index contributed by atoms with van der Waals surface area (Å²) in [6.45, 7) is 6.38. The van der Waals surface area contributed by atoms with Gasteiger partial charge in [-0.05, 0) is 30.1 Å². The zero-order valence-corrected chi connectivity index (χ0v) is 11.2. The van der Waals surface area contributed by atoms with Crippen LogP contribution in [0.3, 0.4) is 0 Å². The van der Waals surface area contributed by atoms with E-state index in [0.29, 0.717) is 29.2 Å². The number of benzene rings is 1. The van der Waals surface area contributed by atoms with E-state index < -0.39 is 0 Å². The molecule has 1 aliphatic heterocycles. The van der Waals surface area contributed by atoms with Crippen molar-refractivity contribution in [1.82, 2.24) is 0 Å². The summed E-state index contributed by atoms with van der Waals surface area (Å²) < 4.78 is 10.9. The fraction of sp³-hybridized carbons (Fsp3) is 0.333. The fourth-order valence-electron chi connectivity index (χ4n) is 2.38. The third kappa shape index (κ3) is 1.59. The Labute approximate surface area is 110 Å². The molecule has 100 valence electrons. The molecule has 3 rings (SSSR count). The zero-order chi connectivity index (χ0) is 13.7. The van der Waals surface area contributed by atoms with E-state index in [-0.39, 0.29) is 17.1 Å². The molecule has 0 unspecified atom stereocenters. The predicted octanol–water partition coefficient (Wildman–Crippen LogP) is 3.58. The van der Waals surface area contributed by atoms with Crippen molar-refractivity contribution in [2.45, 2.75) is 20.8 Å². The van der Waals surface area contributed by atoms with Crippen molar-refractivity contribution >= 4 is 17.0 Å². The van der Waals surface area contributed by atoms with Gasteiger partial charge < -0.3 is 19.4 Å². The molecule has 1 aromatic carbocycles. The highest BCUT2D eigenvalue weighted by Crippen LogP contribution is 2.49. The van der Waals surface area contributed by atoms with Gasteiger partial charge in [0.15, 0.2) is 11.3 Å². The number of hydrogen-bond acceptors (Lipinski definition) is 4. The minimum atomic E-state index is -0.0463. The van der Waals surface area contributed by atoms with E-state index in [1.807, 2.05) is 13.0 Å². The summed E-state index contributed by atoms with van der Waals surface area (Å²) in [5.74, 6) is 0.682. The lowest BCUT2D eigenvalue weighted by atomic mass is 9.96. The van der Waals surface area contributed by atoms with Gasteiger partial charge in [-0.25, -0.2) is 0 Å². The molecule has 0 fully saturated rings. The molecule has 0 radical (unpaired) electrons. The maximum Gasteiger partial charge on any atom is 0.203 e. The van der Waals surface area contributed by atoms with Crippen molar-refractivity contribution < 1.29 is 19.4 Å². The van der Waals surface area contributed by atoms with Crippen LogP contribution in [-0.4, -0.2) is 16.8 Å². The summed E-state index contributed by atoms with van der Waals surface area (Å²) in [5.41, 5.74) is 2.68. The van der Waals surface area contributed by atoms with Crippen LogP contribution in [0, 0.1) is 12.8 Å². The lowest BCUT2D eigenvalue weighted by Crippen LogP contribution is -2.11. The van der Waals surface area contributed by atoms with Gasteiger partial charge in [-0.1, -0.05) is 13.8 Å². The summed E-state index contributed by atoms with van der Waals surface area (Å²) in [6.07, 6.45) is 3.41. The Kier molecular flexibility index (Phi) is 2.49. The topological polar surface area (TPSA) is 62.8 Å². The van der Waals surface area contributed by atoms with Gasteiger partial charge in [0.05, 0.1) is 17.2 Å². The number of furan rings is 1. The van der Waals surface area contributed by atoms with Crippen LogP contribution in [0.1, 0.15) is 25.0 Å². The molecule has 1 aliphatic rings. The smallest absolute Gasteiger partial charge is 0.203 e. The number of phenolic OH excluding ortho intramolecular Hbond substituents is 2. The molecule has 0 aliphatic carbocycles. The zero-order valence-electron chi connectivity index (χ0n) is 11.2. The Balaban J connectivity index is 2.36. The van der Waals surface area contributed by atoms with Crippen molar-refractivity contribution in [3.63, 3.8) is 0 Å². The van der Waals surface area contributed by atoms with Crippen molar-refractivity contribution in [3.8, 4) is 17.2 Å². The summed E-state index contributed by atoms with van der Waals surface area (Å²) in [5, 5.41) is 21.1. The second-order valence-corrected chi connectivity index (χ2v) is 5.23. The largest absolute Gasteiger partial charge is 0.506 e. The number of fused-ring (bicyclic) bond motifs is 2. The maximum absolute atomic E-state index is 10.4. The second kappa shape index (κ2) is 3.95. The van der Waals surface area contributed by atoms with E-state index in [4.69, 9.17) is 9.15 Å². The molecule has 0 bridgehead atoms. The minimum Gasteiger partial charge on any atom is -0.506 e. The average molecular weight is 260 g/mol. The number of rotatable bonds is 1. The van der Waals surface area contributed by atoms with Crippen LogP contribution in [0.25, 0.3) is 17.0 Å². The quantitative estimate of drug-likeness (QED) is 0.769. The van der Waals surface area contributed by atoms with Gasteiger partial charge in [0, 0.05) is 0 Å². The summed E-state index contributed by atoms with van der Waals surface area (Å²) >= 11 is 0. The number of phenols is 2. The normalized spacial score (nSPS) is 14.4. The van der Waals surface area contributed by atoms with Gasteiger partial charge in [-0.3, -0.25) is 0 Å². The molecule has 2 aromatic rings. The third-order valence-corrected chi connectivity index (χ3v) is 3.60. The highest BCUT2D eigenvalue weighted by atomic mass is 16.5. The van der Waals surface area contributed by atoms with Crippen LogP contribution >= 0.6 is 0 Å². The molecule has 0 saturated heterocycles. The molecule has 2 heterocycles. The van der Waals surface area contributed by atoms with Gasteiger partial charge >= 0.3 is 0 Å². The number of aryl methyl sites for hydroxylation is 1. The molecule has 2 N–H and O–H groups in total. The maximum atomic E-state index is 10.4. The van der Waals surface area contributed by atoms with Crippen molar-refractivity contribution in [3.05, 3.63) is 23.0 Å². The Bertz CT molecular complexity index is 692. The Hall–Kier alpha value is -2.10. The monoisotopic (exact) mass is 260 g/mol. The van der Waals surface area contributed by atoms with E-state index in [9.17, 15) is 10.2 Å². The van der Waals surface area contributed by atoms with Crippen LogP contribution in [0.2, 0.25) is 0 Å². The van der Waals surface area contributed by atoms with Crippen LogP contribution < -0.4 is 4.74 Å². The molecule has 4 heteroatoms. The van der Waals surface area contributed by atoms with E-state index in [2.05, 4.69) is 13.8 Å². The highest BCUT2D eigenvalue weighted by molar-refractivity contribution is 5.98. The molecular formula is C15H16O4. The first-order chi connectivity index (χ1) is 9.00.